The summed E-state index contributed by atoms with van der Waals surface area (Å²) < 4.78 is 0. The zero-order valence-electron chi connectivity index (χ0n) is 11.2. The van der Waals surface area contributed by atoms with Crippen LogP contribution in [0.25, 0.3) is 0 Å². The van der Waals surface area contributed by atoms with E-state index in [1.54, 1.807) is 11.3 Å². The number of rotatable bonds is 4. The van der Waals surface area contributed by atoms with Crippen LogP contribution >= 0.6 is 11.3 Å². The van der Waals surface area contributed by atoms with E-state index >= 15 is 0 Å². The molecule has 1 atom stereocenters. The van der Waals surface area contributed by atoms with Crippen molar-refractivity contribution >= 4 is 11.3 Å². The van der Waals surface area contributed by atoms with E-state index in [9.17, 15) is 0 Å². The zero-order chi connectivity index (χ0) is 13.2. The summed E-state index contributed by atoms with van der Waals surface area (Å²) in [5, 5.41) is 4.37. The molecule has 1 aromatic carbocycles. The lowest BCUT2D eigenvalue weighted by atomic mass is 9.79. The lowest BCUT2D eigenvalue weighted by molar-refractivity contribution is 0.419. The van der Waals surface area contributed by atoms with E-state index in [4.69, 9.17) is 5.84 Å². The third-order valence-electron chi connectivity index (χ3n) is 4.19. The first-order chi connectivity index (χ1) is 9.29. The molecule has 3 N–H and O–H groups in total. The van der Waals surface area contributed by atoms with Gasteiger partial charge in [-0.25, -0.2) is 5.43 Å². The number of nitrogens with two attached hydrogens (primary N) is 1. The molecule has 100 valence electrons. The standard InChI is InChI=1S/C16H20N2S/c1-11-9-19-10-15(11)16(18-17)14-7-3-6-13(8-14)12-4-2-5-12/h3,6-10,12,16,18H,2,4-5,17H2,1H3. The molecule has 3 rings (SSSR count). The topological polar surface area (TPSA) is 38.0 Å². The van der Waals surface area contributed by atoms with Gasteiger partial charge >= 0.3 is 0 Å². The lowest BCUT2D eigenvalue weighted by Gasteiger charge is -2.27. The molecule has 3 heteroatoms. The minimum absolute atomic E-state index is 0.103. The molecule has 2 nitrogen and oxygen atoms in total. The molecule has 2 aromatic rings. The lowest BCUT2D eigenvalue weighted by Crippen LogP contribution is -2.29. The zero-order valence-corrected chi connectivity index (χ0v) is 12.0. The minimum atomic E-state index is 0.103. The molecule has 0 saturated heterocycles. The number of hydrazine groups is 1. The third-order valence-corrected chi connectivity index (χ3v) is 5.07. The highest BCUT2D eigenvalue weighted by Crippen LogP contribution is 2.37. The highest BCUT2D eigenvalue weighted by atomic mass is 32.1. The molecule has 0 spiro atoms. The van der Waals surface area contributed by atoms with Crippen molar-refractivity contribution in [3.05, 3.63) is 57.3 Å². The van der Waals surface area contributed by atoms with Gasteiger partial charge in [0.1, 0.15) is 0 Å². The number of hydrogen-bond acceptors (Lipinski definition) is 3. The summed E-state index contributed by atoms with van der Waals surface area (Å²) in [6.45, 7) is 2.14. The molecule has 1 aliphatic rings. The van der Waals surface area contributed by atoms with Crippen LogP contribution < -0.4 is 11.3 Å². The summed E-state index contributed by atoms with van der Waals surface area (Å²) in [5.41, 5.74) is 8.31. The van der Waals surface area contributed by atoms with Crippen LogP contribution in [0, 0.1) is 6.92 Å². The molecule has 0 radical (unpaired) electrons. The number of thiophene rings is 1. The van der Waals surface area contributed by atoms with E-state index in [2.05, 4.69) is 47.4 Å². The third kappa shape index (κ3) is 2.46. The Kier molecular flexibility index (Phi) is 3.69. The van der Waals surface area contributed by atoms with Crippen LogP contribution in [0.1, 0.15) is 53.5 Å². The van der Waals surface area contributed by atoms with Gasteiger partial charge < -0.3 is 0 Å². The van der Waals surface area contributed by atoms with Crippen LogP contribution in [0.5, 0.6) is 0 Å². The van der Waals surface area contributed by atoms with Crippen molar-refractivity contribution in [1.29, 1.82) is 0 Å². The van der Waals surface area contributed by atoms with Gasteiger partial charge in [-0.3, -0.25) is 5.84 Å². The average molecular weight is 272 g/mol. The SMILES string of the molecule is Cc1cscc1C(NN)c1cccc(C2CCC2)c1. The van der Waals surface area contributed by atoms with E-state index in [0.29, 0.717) is 0 Å². The molecule has 1 aliphatic carbocycles. The second-order valence-electron chi connectivity index (χ2n) is 5.41. The Labute approximate surface area is 118 Å². The Balaban J connectivity index is 1.93. The van der Waals surface area contributed by atoms with Gasteiger partial charge in [-0.15, -0.1) is 0 Å². The van der Waals surface area contributed by atoms with Crippen molar-refractivity contribution < 1.29 is 0 Å². The van der Waals surface area contributed by atoms with Crippen molar-refractivity contribution in [2.75, 3.05) is 0 Å². The fraction of sp³-hybridized carbons (Fsp3) is 0.375. The Morgan fingerprint density at radius 3 is 2.74 bits per heavy atom. The normalized spacial score (nSPS) is 17.2. The molecule has 1 saturated carbocycles. The van der Waals surface area contributed by atoms with Crippen LogP contribution in [0.3, 0.4) is 0 Å². The maximum absolute atomic E-state index is 5.79. The summed E-state index contributed by atoms with van der Waals surface area (Å²) in [6, 6.07) is 9.01. The molecular weight excluding hydrogens is 252 g/mol. The van der Waals surface area contributed by atoms with E-state index in [1.165, 1.54) is 41.5 Å². The molecule has 0 bridgehead atoms. The summed E-state index contributed by atoms with van der Waals surface area (Å²) in [5.74, 6) is 6.56. The highest BCUT2D eigenvalue weighted by Gasteiger charge is 2.21. The van der Waals surface area contributed by atoms with Gasteiger partial charge in [0.2, 0.25) is 0 Å². The maximum Gasteiger partial charge on any atom is 0.0720 e. The van der Waals surface area contributed by atoms with Crippen LogP contribution in [-0.4, -0.2) is 0 Å². The van der Waals surface area contributed by atoms with Crippen molar-refractivity contribution in [1.82, 2.24) is 5.43 Å². The van der Waals surface area contributed by atoms with Crippen molar-refractivity contribution in [2.24, 2.45) is 5.84 Å². The van der Waals surface area contributed by atoms with Crippen LogP contribution in [-0.2, 0) is 0 Å². The quantitative estimate of drug-likeness (QED) is 0.655. The number of nitrogens with one attached hydrogen (secondary N) is 1. The number of benzene rings is 1. The van der Waals surface area contributed by atoms with Gasteiger partial charge in [0.25, 0.3) is 0 Å². The van der Waals surface area contributed by atoms with Gasteiger partial charge in [-0.1, -0.05) is 30.7 Å². The second kappa shape index (κ2) is 5.45. The van der Waals surface area contributed by atoms with E-state index in [0.717, 1.165) is 5.92 Å². The predicted molar refractivity (Wildman–Crippen MR) is 81.3 cm³/mol. The fourth-order valence-electron chi connectivity index (χ4n) is 2.77. The monoisotopic (exact) mass is 272 g/mol. The molecule has 0 aliphatic heterocycles. The highest BCUT2D eigenvalue weighted by molar-refractivity contribution is 7.08. The Hall–Kier alpha value is -1.16. The Bertz CT molecular complexity index is 557. The Morgan fingerprint density at radius 2 is 2.16 bits per heavy atom. The van der Waals surface area contributed by atoms with Crippen molar-refractivity contribution in [3.8, 4) is 0 Å². The maximum atomic E-state index is 5.79. The molecule has 1 aromatic heterocycles. The number of hydrogen-bond donors (Lipinski definition) is 2. The van der Waals surface area contributed by atoms with E-state index < -0.39 is 0 Å². The average Bonchev–Trinajstić information content (AvgIpc) is 2.75. The molecule has 1 fully saturated rings. The fourth-order valence-corrected chi connectivity index (χ4v) is 3.64. The smallest absolute Gasteiger partial charge is 0.0720 e. The largest absolute Gasteiger partial charge is 0.271 e. The van der Waals surface area contributed by atoms with Gasteiger partial charge in [0.05, 0.1) is 6.04 Å². The first kappa shape index (κ1) is 12.9. The van der Waals surface area contributed by atoms with Gasteiger partial charge in [-0.2, -0.15) is 11.3 Å². The molecule has 1 unspecified atom stereocenters. The van der Waals surface area contributed by atoms with E-state index in [-0.39, 0.29) is 6.04 Å². The Morgan fingerprint density at radius 1 is 1.32 bits per heavy atom. The first-order valence-corrected chi connectivity index (χ1v) is 7.82. The van der Waals surface area contributed by atoms with Crippen LogP contribution in [0.4, 0.5) is 0 Å². The van der Waals surface area contributed by atoms with Gasteiger partial charge in [0.15, 0.2) is 0 Å². The first-order valence-electron chi connectivity index (χ1n) is 6.88. The molecule has 1 heterocycles. The van der Waals surface area contributed by atoms with Gasteiger partial charge in [0, 0.05) is 0 Å². The summed E-state index contributed by atoms with van der Waals surface area (Å²) >= 11 is 1.74. The van der Waals surface area contributed by atoms with Crippen molar-refractivity contribution in [3.63, 3.8) is 0 Å². The predicted octanol–water partition coefficient (Wildman–Crippen LogP) is 3.88. The van der Waals surface area contributed by atoms with Crippen LogP contribution in [0.2, 0.25) is 0 Å². The minimum Gasteiger partial charge on any atom is -0.271 e. The van der Waals surface area contributed by atoms with E-state index in [1.807, 2.05) is 0 Å². The number of aryl methyl sites for hydroxylation is 1. The molecular formula is C16H20N2S. The summed E-state index contributed by atoms with van der Waals surface area (Å²) in [6.07, 6.45) is 4.04. The van der Waals surface area contributed by atoms with Crippen LogP contribution in [0.15, 0.2) is 35.0 Å². The van der Waals surface area contributed by atoms with Crippen molar-refractivity contribution in [2.45, 2.75) is 38.1 Å². The van der Waals surface area contributed by atoms with Gasteiger partial charge in [-0.05, 0) is 58.7 Å². The summed E-state index contributed by atoms with van der Waals surface area (Å²) in [7, 11) is 0. The molecule has 19 heavy (non-hydrogen) atoms. The summed E-state index contributed by atoms with van der Waals surface area (Å²) in [4.78, 5) is 0. The molecule has 0 amide bonds. The second-order valence-corrected chi connectivity index (χ2v) is 6.15.